The molecule has 0 amide bonds. The van der Waals surface area contributed by atoms with E-state index in [1.165, 1.54) is 12.1 Å². The molecule has 0 atom stereocenters. The van der Waals surface area contributed by atoms with Gasteiger partial charge in [0.15, 0.2) is 5.82 Å². The molecule has 0 saturated carbocycles. The fourth-order valence-electron chi connectivity index (χ4n) is 2.63. The van der Waals surface area contributed by atoms with Crippen LogP contribution in [0.3, 0.4) is 0 Å². The van der Waals surface area contributed by atoms with Gasteiger partial charge in [-0.1, -0.05) is 12.1 Å². The number of nitrogen functional groups attached to an aromatic ring is 1. The van der Waals surface area contributed by atoms with Crippen LogP contribution in [0.5, 0.6) is 0 Å². The number of halogens is 1. The maximum atomic E-state index is 13.4. The Morgan fingerprint density at radius 3 is 2.95 bits per heavy atom. The van der Waals surface area contributed by atoms with Gasteiger partial charge in [0.25, 0.3) is 0 Å². The highest BCUT2D eigenvalue weighted by Gasteiger charge is 2.14. The zero-order valence-electron chi connectivity index (χ0n) is 11.3. The largest absolute Gasteiger partial charge is 0.382 e. The molecule has 0 radical (unpaired) electrons. The van der Waals surface area contributed by atoms with Crippen LogP contribution in [0, 0.1) is 5.82 Å². The number of hydrogen-bond donors (Lipinski definition) is 2. The standard InChI is InChI=1S/C15H12FN5/c1-21-7-18-12-13(21)10-6-11(19-15(10)20-14(12)17)8-3-2-4-9(16)5-8/h2-7H,1H3,(H3,17,19,20). The van der Waals surface area contributed by atoms with Crippen molar-refractivity contribution in [3.63, 3.8) is 0 Å². The van der Waals surface area contributed by atoms with Crippen LogP contribution in [0.25, 0.3) is 33.3 Å². The number of imidazole rings is 1. The van der Waals surface area contributed by atoms with Crippen molar-refractivity contribution in [1.29, 1.82) is 0 Å². The third-order valence-electron chi connectivity index (χ3n) is 3.60. The second-order valence-electron chi connectivity index (χ2n) is 5.01. The molecule has 3 heterocycles. The highest BCUT2D eigenvalue weighted by molar-refractivity contribution is 6.07. The Bertz CT molecular complexity index is 982. The van der Waals surface area contributed by atoms with E-state index in [1.807, 2.05) is 23.7 Å². The van der Waals surface area contributed by atoms with E-state index in [0.29, 0.717) is 17.0 Å². The van der Waals surface area contributed by atoms with Crippen molar-refractivity contribution in [3.8, 4) is 11.3 Å². The van der Waals surface area contributed by atoms with Gasteiger partial charge < -0.3 is 15.3 Å². The predicted molar refractivity (Wildman–Crippen MR) is 80.2 cm³/mol. The number of fused-ring (bicyclic) bond motifs is 3. The van der Waals surface area contributed by atoms with Gasteiger partial charge in [-0.15, -0.1) is 0 Å². The van der Waals surface area contributed by atoms with Crippen LogP contribution in [-0.4, -0.2) is 19.5 Å². The maximum Gasteiger partial charge on any atom is 0.154 e. The molecule has 0 spiro atoms. The minimum absolute atomic E-state index is 0.274. The number of pyridine rings is 1. The number of nitrogens with one attached hydrogen (secondary N) is 1. The minimum atomic E-state index is -0.274. The average Bonchev–Trinajstić information content (AvgIpc) is 3.03. The van der Waals surface area contributed by atoms with Crippen LogP contribution in [0.15, 0.2) is 36.7 Å². The monoisotopic (exact) mass is 281 g/mol. The molecule has 3 N–H and O–H groups in total. The van der Waals surface area contributed by atoms with Crippen molar-refractivity contribution in [2.24, 2.45) is 7.05 Å². The Morgan fingerprint density at radius 2 is 2.14 bits per heavy atom. The van der Waals surface area contributed by atoms with E-state index >= 15 is 0 Å². The van der Waals surface area contributed by atoms with E-state index in [9.17, 15) is 4.39 Å². The smallest absolute Gasteiger partial charge is 0.154 e. The number of hydrogen-bond acceptors (Lipinski definition) is 3. The molecule has 0 unspecified atom stereocenters. The van der Waals surface area contributed by atoms with E-state index in [1.54, 1.807) is 12.4 Å². The zero-order valence-corrected chi connectivity index (χ0v) is 11.3. The number of benzene rings is 1. The van der Waals surface area contributed by atoms with Crippen LogP contribution in [0.2, 0.25) is 0 Å². The Hall–Kier alpha value is -2.89. The quantitative estimate of drug-likeness (QED) is 0.563. The molecule has 0 aliphatic heterocycles. The number of aryl methyl sites for hydroxylation is 1. The molecule has 5 nitrogen and oxygen atoms in total. The Balaban J connectivity index is 2.06. The topological polar surface area (TPSA) is 72.5 Å². The fourth-order valence-corrected chi connectivity index (χ4v) is 2.63. The first-order chi connectivity index (χ1) is 10.1. The van der Waals surface area contributed by atoms with Crippen LogP contribution in [-0.2, 0) is 7.05 Å². The maximum absolute atomic E-state index is 13.4. The normalized spacial score (nSPS) is 11.5. The summed E-state index contributed by atoms with van der Waals surface area (Å²) in [5, 5.41) is 0.915. The number of anilines is 1. The van der Waals surface area contributed by atoms with Gasteiger partial charge in [0.2, 0.25) is 0 Å². The number of aromatic amines is 1. The van der Waals surface area contributed by atoms with E-state index in [0.717, 1.165) is 22.2 Å². The average molecular weight is 281 g/mol. The summed E-state index contributed by atoms with van der Waals surface area (Å²) in [6, 6.07) is 8.37. The zero-order chi connectivity index (χ0) is 14.6. The third kappa shape index (κ3) is 1.69. The molecule has 0 aliphatic rings. The fraction of sp³-hybridized carbons (Fsp3) is 0.0667. The lowest BCUT2D eigenvalue weighted by Crippen LogP contribution is -1.93. The van der Waals surface area contributed by atoms with Crippen molar-refractivity contribution in [3.05, 3.63) is 42.5 Å². The summed E-state index contributed by atoms with van der Waals surface area (Å²) in [6.45, 7) is 0. The summed E-state index contributed by atoms with van der Waals surface area (Å²) >= 11 is 0. The molecule has 0 bridgehead atoms. The first-order valence-corrected chi connectivity index (χ1v) is 6.48. The SMILES string of the molecule is Cn1cnc2c(N)nc3[nH]c(-c4cccc(F)c4)cc3c21. The van der Waals surface area contributed by atoms with Crippen LogP contribution >= 0.6 is 0 Å². The predicted octanol–water partition coefficient (Wildman–Crippen LogP) is 2.84. The van der Waals surface area contributed by atoms with Crippen molar-refractivity contribution < 1.29 is 4.39 Å². The van der Waals surface area contributed by atoms with E-state index in [2.05, 4.69) is 15.0 Å². The van der Waals surface area contributed by atoms with E-state index in [4.69, 9.17) is 5.73 Å². The van der Waals surface area contributed by atoms with E-state index < -0.39 is 0 Å². The molecular formula is C15H12FN5. The van der Waals surface area contributed by atoms with E-state index in [-0.39, 0.29) is 5.82 Å². The molecule has 1 aromatic carbocycles. The van der Waals surface area contributed by atoms with Crippen molar-refractivity contribution in [2.45, 2.75) is 0 Å². The highest BCUT2D eigenvalue weighted by Crippen LogP contribution is 2.30. The Labute approximate surface area is 119 Å². The summed E-state index contributed by atoms with van der Waals surface area (Å²) in [7, 11) is 1.91. The molecule has 0 fully saturated rings. The van der Waals surface area contributed by atoms with Gasteiger partial charge in [-0.3, -0.25) is 0 Å². The van der Waals surface area contributed by atoms with Gasteiger partial charge in [0, 0.05) is 23.7 Å². The van der Waals surface area contributed by atoms with Crippen LogP contribution < -0.4 is 5.73 Å². The first kappa shape index (κ1) is 11.9. The summed E-state index contributed by atoms with van der Waals surface area (Å²) in [5.41, 5.74) is 9.76. The number of aromatic nitrogens is 4. The Kier molecular flexibility index (Phi) is 2.29. The first-order valence-electron chi connectivity index (χ1n) is 6.48. The summed E-state index contributed by atoms with van der Waals surface area (Å²) in [6.07, 6.45) is 1.71. The van der Waals surface area contributed by atoms with Crippen molar-refractivity contribution >= 4 is 27.9 Å². The molecule has 6 heteroatoms. The number of nitrogens with two attached hydrogens (primary N) is 1. The second kappa shape index (κ2) is 4.05. The third-order valence-corrected chi connectivity index (χ3v) is 3.60. The van der Waals surface area contributed by atoms with Crippen molar-refractivity contribution in [2.75, 3.05) is 5.73 Å². The second-order valence-corrected chi connectivity index (χ2v) is 5.01. The lowest BCUT2D eigenvalue weighted by molar-refractivity contribution is 0.628. The summed E-state index contributed by atoms with van der Waals surface area (Å²) < 4.78 is 15.3. The minimum Gasteiger partial charge on any atom is -0.382 e. The van der Waals surface area contributed by atoms with Gasteiger partial charge >= 0.3 is 0 Å². The molecule has 21 heavy (non-hydrogen) atoms. The lowest BCUT2D eigenvalue weighted by Gasteiger charge is -1.98. The number of rotatable bonds is 1. The molecule has 3 aromatic heterocycles. The molecule has 0 saturated heterocycles. The Morgan fingerprint density at radius 1 is 1.29 bits per heavy atom. The number of H-pyrrole nitrogens is 1. The number of nitrogens with zero attached hydrogens (tertiary/aromatic N) is 3. The molecule has 4 aromatic rings. The van der Waals surface area contributed by atoms with Gasteiger partial charge in [-0.25, -0.2) is 14.4 Å². The van der Waals surface area contributed by atoms with Gasteiger partial charge in [-0.05, 0) is 18.2 Å². The van der Waals surface area contributed by atoms with Gasteiger partial charge in [-0.2, -0.15) is 0 Å². The summed E-state index contributed by atoms with van der Waals surface area (Å²) in [5.74, 6) is 0.107. The molecule has 4 rings (SSSR count). The lowest BCUT2D eigenvalue weighted by atomic mass is 10.1. The molecule has 0 aliphatic carbocycles. The van der Waals surface area contributed by atoms with Crippen molar-refractivity contribution in [1.82, 2.24) is 19.5 Å². The van der Waals surface area contributed by atoms with Gasteiger partial charge in [0.05, 0.1) is 11.8 Å². The highest BCUT2D eigenvalue weighted by atomic mass is 19.1. The van der Waals surface area contributed by atoms with Crippen LogP contribution in [0.1, 0.15) is 0 Å². The molecular weight excluding hydrogens is 269 g/mol. The van der Waals surface area contributed by atoms with Gasteiger partial charge in [0.1, 0.15) is 17.0 Å². The summed E-state index contributed by atoms with van der Waals surface area (Å²) in [4.78, 5) is 11.8. The molecule has 104 valence electrons. The van der Waals surface area contributed by atoms with Crippen LogP contribution in [0.4, 0.5) is 10.2 Å².